The normalized spacial score (nSPS) is 12.2. The lowest BCUT2D eigenvalue weighted by molar-refractivity contribution is -0.142. The lowest BCUT2D eigenvalue weighted by atomic mass is 10.2. The summed E-state index contributed by atoms with van der Waals surface area (Å²) in [5.41, 5.74) is 0. The molecule has 0 aliphatic heterocycles. The third-order valence-corrected chi connectivity index (χ3v) is 5.73. The molecule has 4 nitrogen and oxygen atoms in total. The molecule has 1 heterocycles. The van der Waals surface area contributed by atoms with Gasteiger partial charge in [0.25, 0.3) is 5.91 Å². The molecule has 0 aliphatic carbocycles. The average Bonchev–Trinajstić information content (AvgIpc) is 2.86. The highest BCUT2D eigenvalue weighted by Crippen LogP contribution is 2.36. The zero-order valence-electron chi connectivity index (χ0n) is 12.5. The summed E-state index contributed by atoms with van der Waals surface area (Å²) in [5.74, 6) is -0.119. The first-order chi connectivity index (χ1) is 11.0. The van der Waals surface area contributed by atoms with Crippen molar-refractivity contribution >= 4 is 68.3 Å². The molecule has 1 amide bonds. The summed E-state index contributed by atoms with van der Waals surface area (Å²) in [5, 5.41) is 4.42. The summed E-state index contributed by atoms with van der Waals surface area (Å²) in [4.78, 5) is 24.6. The molecule has 0 saturated carbocycles. The van der Waals surface area contributed by atoms with E-state index in [-0.39, 0.29) is 5.91 Å². The van der Waals surface area contributed by atoms with Crippen LogP contribution < -0.4 is 5.32 Å². The van der Waals surface area contributed by atoms with Gasteiger partial charge in [0.15, 0.2) is 0 Å². The van der Waals surface area contributed by atoms with Crippen LogP contribution in [-0.2, 0) is 9.53 Å². The second-order valence-corrected chi connectivity index (χ2v) is 7.57. The summed E-state index contributed by atoms with van der Waals surface area (Å²) in [7, 11) is 1.30. The van der Waals surface area contributed by atoms with E-state index in [2.05, 4.69) is 5.32 Å². The van der Waals surface area contributed by atoms with Crippen LogP contribution in [0.15, 0.2) is 18.2 Å². The monoisotopic (exact) mass is 391 g/mol. The fourth-order valence-corrected chi connectivity index (χ4v) is 4.20. The highest BCUT2D eigenvalue weighted by Gasteiger charge is 2.24. The van der Waals surface area contributed by atoms with E-state index in [0.29, 0.717) is 21.3 Å². The van der Waals surface area contributed by atoms with Gasteiger partial charge in [-0.05, 0) is 30.6 Å². The van der Waals surface area contributed by atoms with Crippen LogP contribution in [0, 0.1) is 0 Å². The summed E-state index contributed by atoms with van der Waals surface area (Å²) in [6.07, 6.45) is 2.43. The molecule has 23 heavy (non-hydrogen) atoms. The molecule has 1 aromatic heterocycles. The Bertz CT molecular complexity index is 733. The third-order valence-electron chi connectivity index (χ3n) is 3.20. The fraction of sp³-hybridized carbons (Fsp3) is 0.333. The summed E-state index contributed by atoms with van der Waals surface area (Å²) < 4.78 is 5.57. The molecular formula is C15H15Cl2NO3S2. The number of carbonyl (C=O) groups is 2. The van der Waals surface area contributed by atoms with Crippen molar-refractivity contribution in [2.24, 2.45) is 0 Å². The van der Waals surface area contributed by atoms with E-state index in [0.717, 1.165) is 15.8 Å². The molecule has 2 aromatic rings. The zero-order chi connectivity index (χ0) is 17.0. The van der Waals surface area contributed by atoms with Crippen molar-refractivity contribution in [1.82, 2.24) is 5.32 Å². The van der Waals surface area contributed by atoms with E-state index in [1.165, 1.54) is 18.4 Å². The molecule has 0 saturated heterocycles. The van der Waals surface area contributed by atoms with Crippen LogP contribution in [0.25, 0.3) is 10.1 Å². The average molecular weight is 392 g/mol. The van der Waals surface area contributed by atoms with Gasteiger partial charge >= 0.3 is 5.97 Å². The lowest BCUT2D eigenvalue weighted by Crippen LogP contribution is -2.41. The fourth-order valence-electron chi connectivity index (χ4n) is 2.04. The number of hydrogen-bond donors (Lipinski definition) is 1. The maximum absolute atomic E-state index is 12.5. The predicted molar refractivity (Wildman–Crippen MR) is 98.1 cm³/mol. The Labute approximate surface area is 152 Å². The number of hydrogen-bond acceptors (Lipinski definition) is 5. The molecule has 1 aromatic carbocycles. The van der Waals surface area contributed by atoms with E-state index in [9.17, 15) is 9.59 Å². The Morgan fingerprint density at radius 2 is 2.13 bits per heavy atom. The SMILES string of the molecule is COC(=O)[C@H](CCSC)NC(=O)c1sc2cc(Cl)ccc2c1Cl. The van der Waals surface area contributed by atoms with Crippen LogP contribution in [0.2, 0.25) is 10.0 Å². The smallest absolute Gasteiger partial charge is 0.328 e. The molecule has 8 heteroatoms. The summed E-state index contributed by atoms with van der Waals surface area (Å²) in [6.45, 7) is 0. The number of fused-ring (bicyclic) bond motifs is 1. The number of amides is 1. The number of nitrogens with one attached hydrogen (secondary N) is 1. The number of halogens is 2. The molecule has 0 fully saturated rings. The first-order valence-electron chi connectivity index (χ1n) is 6.73. The highest BCUT2D eigenvalue weighted by molar-refractivity contribution is 7.98. The van der Waals surface area contributed by atoms with Gasteiger partial charge in [0.1, 0.15) is 10.9 Å². The van der Waals surface area contributed by atoms with E-state index < -0.39 is 12.0 Å². The van der Waals surface area contributed by atoms with Crippen molar-refractivity contribution in [2.45, 2.75) is 12.5 Å². The van der Waals surface area contributed by atoms with Crippen molar-refractivity contribution < 1.29 is 14.3 Å². The number of ether oxygens (including phenoxy) is 1. The highest BCUT2D eigenvalue weighted by atomic mass is 35.5. The molecule has 124 valence electrons. The number of benzene rings is 1. The molecule has 1 N–H and O–H groups in total. The molecule has 0 unspecified atom stereocenters. The van der Waals surface area contributed by atoms with Gasteiger partial charge in [-0.3, -0.25) is 4.79 Å². The second-order valence-electron chi connectivity index (χ2n) is 4.72. The van der Waals surface area contributed by atoms with Crippen molar-refractivity contribution in [2.75, 3.05) is 19.1 Å². The van der Waals surface area contributed by atoms with Gasteiger partial charge in [-0.25, -0.2) is 4.79 Å². The molecular weight excluding hydrogens is 377 g/mol. The Morgan fingerprint density at radius 3 is 2.78 bits per heavy atom. The number of thiophene rings is 1. The minimum Gasteiger partial charge on any atom is -0.467 e. The first kappa shape index (κ1) is 18.4. The maximum Gasteiger partial charge on any atom is 0.328 e. The lowest BCUT2D eigenvalue weighted by Gasteiger charge is -2.15. The zero-order valence-corrected chi connectivity index (χ0v) is 15.7. The molecule has 0 aliphatic rings. The van der Waals surface area contributed by atoms with Gasteiger partial charge in [-0.1, -0.05) is 29.3 Å². The van der Waals surface area contributed by atoms with Gasteiger partial charge in [0.05, 0.1) is 12.1 Å². The van der Waals surface area contributed by atoms with E-state index in [1.807, 2.05) is 6.26 Å². The number of methoxy groups -OCH3 is 1. The standard InChI is InChI=1S/C15H15Cl2NO3S2/c1-21-15(20)10(5-6-22-2)18-14(19)13-12(17)9-4-3-8(16)7-11(9)23-13/h3-4,7,10H,5-6H2,1-2H3,(H,18,19)/t10-/m0/s1. The molecule has 2 rings (SSSR count). The van der Waals surface area contributed by atoms with Crippen LogP contribution in [-0.4, -0.2) is 37.0 Å². The summed E-state index contributed by atoms with van der Waals surface area (Å²) >= 11 is 15.1. The van der Waals surface area contributed by atoms with Gasteiger partial charge in [-0.2, -0.15) is 11.8 Å². The quantitative estimate of drug-likeness (QED) is 0.748. The predicted octanol–water partition coefficient (Wildman–Crippen LogP) is 4.23. The van der Waals surface area contributed by atoms with Gasteiger partial charge < -0.3 is 10.1 Å². The number of rotatable bonds is 6. The molecule has 0 spiro atoms. The first-order valence-corrected chi connectivity index (χ1v) is 9.69. The van der Waals surface area contributed by atoms with Gasteiger partial charge in [0.2, 0.25) is 0 Å². The van der Waals surface area contributed by atoms with Crippen LogP contribution in [0.5, 0.6) is 0 Å². The largest absolute Gasteiger partial charge is 0.467 e. The number of esters is 1. The Kier molecular flexibility index (Phi) is 6.59. The second kappa shape index (κ2) is 8.24. The molecule has 0 radical (unpaired) electrons. The number of thioether (sulfide) groups is 1. The topological polar surface area (TPSA) is 55.4 Å². The van der Waals surface area contributed by atoms with Crippen molar-refractivity contribution in [3.05, 3.63) is 33.1 Å². The van der Waals surface area contributed by atoms with Crippen LogP contribution >= 0.6 is 46.3 Å². The third kappa shape index (κ3) is 4.32. The minimum atomic E-state index is -0.690. The van der Waals surface area contributed by atoms with Crippen molar-refractivity contribution in [3.63, 3.8) is 0 Å². The van der Waals surface area contributed by atoms with Gasteiger partial charge in [0, 0.05) is 15.1 Å². The Morgan fingerprint density at radius 1 is 1.39 bits per heavy atom. The van der Waals surface area contributed by atoms with E-state index in [4.69, 9.17) is 27.9 Å². The van der Waals surface area contributed by atoms with Crippen molar-refractivity contribution in [1.29, 1.82) is 0 Å². The van der Waals surface area contributed by atoms with Crippen molar-refractivity contribution in [3.8, 4) is 0 Å². The van der Waals surface area contributed by atoms with Crippen LogP contribution in [0.1, 0.15) is 16.1 Å². The van der Waals surface area contributed by atoms with Gasteiger partial charge in [-0.15, -0.1) is 11.3 Å². The van der Waals surface area contributed by atoms with E-state index in [1.54, 1.807) is 30.0 Å². The van der Waals surface area contributed by atoms with Crippen LogP contribution in [0.4, 0.5) is 0 Å². The molecule has 0 bridgehead atoms. The minimum absolute atomic E-state index is 0.363. The molecule has 1 atom stereocenters. The van der Waals surface area contributed by atoms with E-state index >= 15 is 0 Å². The summed E-state index contributed by atoms with van der Waals surface area (Å²) in [6, 6.07) is 4.57. The Hall–Kier alpha value is -0.950. The number of carbonyl (C=O) groups excluding carboxylic acids is 2. The maximum atomic E-state index is 12.5. The Balaban J connectivity index is 2.25. The van der Waals surface area contributed by atoms with Crippen LogP contribution in [0.3, 0.4) is 0 Å².